The Morgan fingerprint density at radius 3 is 2.32 bits per heavy atom. The molecular formula is C24H37N. The lowest BCUT2D eigenvalue weighted by Gasteiger charge is -2.25. The van der Waals surface area contributed by atoms with Gasteiger partial charge in [-0.1, -0.05) is 39.0 Å². The van der Waals surface area contributed by atoms with Crippen molar-refractivity contribution in [2.45, 2.75) is 97.9 Å². The molecule has 0 amide bonds. The van der Waals surface area contributed by atoms with Crippen LogP contribution >= 0.6 is 0 Å². The highest BCUT2D eigenvalue weighted by atomic mass is 15.0. The lowest BCUT2D eigenvalue weighted by Crippen LogP contribution is -2.12. The quantitative estimate of drug-likeness (QED) is 0.500. The Morgan fingerprint density at radius 1 is 1.04 bits per heavy atom. The molecule has 0 saturated carbocycles. The van der Waals surface area contributed by atoms with Crippen molar-refractivity contribution in [3.8, 4) is 0 Å². The van der Waals surface area contributed by atoms with Gasteiger partial charge >= 0.3 is 0 Å². The Kier molecular flexibility index (Phi) is 5.61. The van der Waals surface area contributed by atoms with Gasteiger partial charge in [-0.3, -0.25) is 0 Å². The van der Waals surface area contributed by atoms with E-state index in [1.165, 1.54) is 44.2 Å². The minimum absolute atomic E-state index is 0.534. The summed E-state index contributed by atoms with van der Waals surface area (Å²) in [7, 11) is 0. The Bertz CT molecular complexity index is 669. The Labute approximate surface area is 155 Å². The molecule has 0 bridgehead atoms. The van der Waals surface area contributed by atoms with Crippen molar-refractivity contribution in [2.75, 3.05) is 0 Å². The van der Waals surface area contributed by atoms with Gasteiger partial charge in [-0.05, 0) is 88.2 Å². The smallest absolute Gasteiger partial charge is 0.0279 e. The van der Waals surface area contributed by atoms with E-state index in [-0.39, 0.29) is 0 Å². The van der Waals surface area contributed by atoms with Crippen LogP contribution in [0, 0.1) is 12.8 Å². The van der Waals surface area contributed by atoms with E-state index in [1.807, 2.05) is 0 Å². The van der Waals surface area contributed by atoms with Crippen molar-refractivity contribution in [2.24, 2.45) is 5.92 Å². The van der Waals surface area contributed by atoms with E-state index in [0.29, 0.717) is 17.9 Å². The van der Waals surface area contributed by atoms with Crippen molar-refractivity contribution in [3.05, 3.63) is 40.7 Å². The maximum atomic E-state index is 2.66. The fourth-order valence-corrected chi connectivity index (χ4v) is 5.08. The summed E-state index contributed by atoms with van der Waals surface area (Å²) in [6, 6.07) is 0.534. The van der Waals surface area contributed by atoms with Crippen LogP contribution in [-0.2, 0) is 0 Å². The van der Waals surface area contributed by atoms with E-state index in [9.17, 15) is 0 Å². The molecule has 2 atom stereocenters. The molecule has 0 radical (unpaired) electrons. The van der Waals surface area contributed by atoms with Gasteiger partial charge in [0.1, 0.15) is 0 Å². The van der Waals surface area contributed by atoms with Crippen molar-refractivity contribution in [1.82, 2.24) is 4.57 Å². The molecule has 1 aromatic rings. The van der Waals surface area contributed by atoms with Gasteiger partial charge in [0.2, 0.25) is 0 Å². The number of hydrogen-bond donors (Lipinski definition) is 0. The number of nitrogens with zero attached hydrogens (tertiary/aromatic N) is 1. The van der Waals surface area contributed by atoms with E-state index in [4.69, 9.17) is 0 Å². The van der Waals surface area contributed by atoms with E-state index >= 15 is 0 Å². The summed E-state index contributed by atoms with van der Waals surface area (Å²) in [6.45, 7) is 14.2. The van der Waals surface area contributed by atoms with Gasteiger partial charge in [0, 0.05) is 23.0 Å². The zero-order valence-electron chi connectivity index (χ0n) is 17.2. The summed E-state index contributed by atoms with van der Waals surface area (Å²) < 4.78 is 2.66. The van der Waals surface area contributed by atoms with Crippen LogP contribution in [0.3, 0.4) is 0 Å². The highest BCUT2D eigenvalue weighted by Gasteiger charge is 2.30. The standard InChI is InChI=1S/C24H37N/c1-16(2)24-23(20-10-8-7-9-11-20)22(19(6)25(24)17(3)4)21-14-12-18(5)13-15-21/h7-8,14,16-18,20H,9-13,15H2,1-6H3. The fourth-order valence-electron chi connectivity index (χ4n) is 5.08. The van der Waals surface area contributed by atoms with Gasteiger partial charge in [-0.15, -0.1) is 0 Å². The molecule has 2 unspecified atom stereocenters. The van der Waals surface area contributed by atoms with Crippen LogP contribution in [0.5, 0.6) is 0 Å². The first-order valence-electron chi connectivity index (χ1n) is 10.5. The van der Waals surface area contributed by atoms with Crippen LogP contribution in [0.1, 0.15) is 114 Å². The molecule has 1 heteroatoms. The van der Waals surface area contributed by atoms with Crippen molar-refractivity contribution in [1.29, 1.82) is 0 Å². The molecule has 1 heterocycles. The molecule has 2 aliphatic rings. The lowest BCUT2D eigenvalue weighted by atomic mass is 9.79. The van der Waals surface area contributed by atoms with E-state index < -0.39 is 0 Å². The maximum absolute atomic E-state index is 2.66. The van der Waals surface area contributed by atoms with Crippen LogP contribution in [0.25, 0.3) is 5.57 Å². The zero-order valence-corrected chi connectivity index (χ0v) is 17.2. The topological polar surface area (TPSA) is 4.93 Å². The molecule has 0 N–H and O–H groups in total. The SMILES string of the molecule is Cc1c(C2=CCC(C)CC2)c(C2CC=CCC2)c(C(C)C)n1C(C)C. The summed E-state index contributed by atoms with van der Waals surface area (Å²) in [5.74, 6) is 2.14. The van der Waals surface area contributed by atoms with E-state index in [0.717, 1.165) is 5.92 Å². The van der Waals surface area contributed by atoms with Crippen molar-refractivity contribution < 1.29 is 0 Å². The number of rotatable bonds is 4. The van der Waals surface area contributed by atoms with Crippen molar-refractivity contribution in [3.63, 3.8) is 0 Å². The van der Waals surface area contributed by atoms with Gasteiger partial charge < -0.3 is 4.57 Å². The average Bonchev–Trinajstić information content (AvgIpc) is 2.90. The first kappa shape index (κ1) is 18.5. The zero-order chi connectivity index (χ0) is 18.1. The maximum Gasteiger partial charge on any atom is 0.0279 e. The van der Waals surface area contributed by atoms with Gasteiger partial charge in [0.05, 0.1) is 0 Å². The molecule has 138 valence electrons. The minimum Gasteiger partial charge on any atom is -0.345 e. The average molecular weight is 340 g/mol. The highest BCUT2D eigenvalue weighted by molar-refractivity contribution is 5.73. The molecule has 0 fully saturated rings. The molecular weight excluding hydrogens is 302 g/mol. The lowest BCUT2D eigenvalue weighted by molar-refractivity contribution is 0.532. The third-order valence-corrected chi connectivity index (χ3v) is 6.26. The van der Waals surface area contributed by atoms with Crippen LogP contribution in [-0.4, -0.2) is 4.57 Å². The van der Waals surface area contributed by atoms with Gasteiger partial charge in [-0.2, -0.15) is 0 Å². The van der Waals surface area contributed by atoms with Crippen LogP contribution in [0.15, 0.2) is 18.2 Å². The Morgan fingerprint density at radius 2 is 1.80 bits per heavy atom. The molecule has 0 spiro atoms. The predicted molar refractivity (Wildman–Crippen MR) is 110 cm³/mol. The molecule has 1 aromatic heterocycles. The van der Waals surface area contributed by atoms with E-state index in [2.05, 4.69) is 64.3 Å². The molecule has 0 saturated heterocycles. The predicted octanol–water partition coefficient (Wildman–Crippen LogP) is 7.53. The number of hydrogen-bond acceptors (Lipinski definition) is 0. The largest absolute Gasteiger partial charge is 0.345 e. The highest BCUT2D eigenvalue weighted by Crippen LogP contribution is 2.45. The summed E-state index contributed by atoms with van der Waals surface area (Å²) in [5, 5.41) is 0. The van der Waals surface area contributed by atoms with Crippen LogP contribution < -0.4 is 0 Å². The van der Waals surface area contributed by atoms with Crippen LogP contribution in [0.2, 0.25) is 0 Å². The summed E-state index contributed by atoms with van der Waals surface area (Å²) in [5.41, 5.74) is 8.10. The summed E-state index contributed by atoms with van der Waals surface area (Å²) >= 11 is 0. The Hall–Kier alpha value is -1.24. The first-order valence-corrected chi connectivity index (χ1v) is 10.5. The van der Waals surface area contributed by atoms with Crippen molar-refractivity contribution >= 4 is 5.57 Å². The normalized spacial score (nSPS) is 24.2. The number of aromatic nitrogens is 1. The second-order valence-corrected chi connectivity index (χ2v) is 8.97. The third-order valence-electron chi connectivity index (χ3n) is 6.26. The molecule has 3 rings (SSSR count). The summed E-state index contributed by atoms with van der Waals surface area (Å²) in [4.78, 5) is 0. The summed E-state index contributed by atoms with van der Waals surface area (Å²) in [6.07, 6.45) is 15.0. The third kappa shape index (κ3) is 3.52. The fraction of sp³-hybridized carbons (Fsp3) is 0.667. The van der Waals surface area contributed by atoms with Crippen LogP contribution in [0.4, 0.5) is 0 Å². The molecule has 0 aliphatic heterocycles. The van der Waals surface area contributed by atoms with Gasteiger partial charge in [0.25, 0.3) is 0 Å². The molecule has 1 nitrogen and oxygen atoms in total. The molecule has 0 aromatic carbocycles. The number of allylic oxidation sites excluding steroid dienone is 4. The molecule has 2 aliphatic carbocycles. The monoisotopic (exact) mass is 339 g/mol. The Balaban J connectivity index is 2.21. The van der Waals surface area contributed by atoms with E-state index in [1.54, 1.807) is 22.4 Å². The minimum atomic E-state index is 0.534. The first-order chi connectivity index (χ1) is 11.9. The van der Waals surface area contributed by atoms with Gasteiger partial charge in [-0.25, -0.2) is 0 Å². The second kappa shape index (κ2) is 7.56. The van der Waals surface area contributed by atoms with Gasteiger partial charge in [0.15, 0.2) is 0 Å². The molecule has 25 heavy (non-hydrogen) atoms. The second-order valence-electron chi connectivity index (χ2n) is 8.97.